The standard InChI is InChI=1S/C15H11N5O4/c1-24-15-7-3-2-6(4-9(7)18-19-15)20-10(21)5-8-11(12(20)16)14(23)17-13(8)22/h2-5H,16H2,1H3,(H,18,19)(H,17,22,23). The normalized spacial score (nSPS) is 13.2. The molecule has 3 heterocycles. The van der Waals surface area contributed by atoms with Gasteiger partial charge in [-0.15, -0.1) is 5.10 Å². The quantitative estimate of drug-likeness (QED) is 0.576. The Morgan fingerprint density at radius 3 is 2.71 bits per heavy atom. The van der Waals surface area contributed by atoms with Crippen LogP contribution in [0.1, 0.15) is 20.7 Å². The summed E-state index contributed by atoms with van der Waals surface area (Å²) in [5.41, 5.74) is 6.55. The van der Waals surface area contributed by atoms with Gasteiger partial charge < -0.3 is 10.5 Å². The molecule has 0 atom stereocenters. The van der Waals surface area contributed by atoms with Crippen molar-refractivity contribution in [3.8, 4) is 11.6 Å². The number of benzene rings is 1. The van der Waals surface area contributed by atoms with E-state index in [1.165, 1.54) is 11.7 Å². The van der Waals surface area contributed by atoms with Crippen LogP contribution in [-0.2, 0) is 0 Å². The number of fused-ring (bicyclic) bond motifs is 2. The van der Waals surface area contributed by atoms with E-state index in [-0.39, 0.29) is 16.9 Å². The Bertz CT molecular complexity index is 1100. The van der Waals surface area contributed by atoms with Crippen molar-refractivity contribution in [3.63, 3.8) is 0 Å². The predicted octanol–water partition coefficient (Wildman–Crippen LogP) is 0.188. The maximum Gasteiger partial charge on any atom is 0.262 e. The number of nitrogens with two attached hydrogens (primary N) is 1. The Kier molecular flexibility index (Phi) is 2.73. The number of hydrogen-bond donors (Lipinski definition) is 3. The molecule has 0 radical (unpaired) electrons. The van der Waals surface area contributed by atoms with E-state index in [0.717, 1.165) is 11.5 Å². The summed E-state index contributed by atoms with van der Waals surface area (Å²) in [6.07, 6.45) is 0. The van der Waals surface area contributed by atoms with Crippen molar-refractivity contribution in [1.29, 1.82) is 0 Å². The molecule has 4 N–H and O–H groups in total. The van der Waals surface area contributed by atoms with Crippen molar-refractivity contribution in [2.24, 2.45) is 0 Å². The van der Waals surface area contributed by atoms with Crippen molar-refractivity contribution in [1.82, 2.24) is 20.1 Å². The van der Waals surface area contributed by atoms with Crippen LogP contribution in [0.3, 0.4) is 0 Å². The average Bonchev–Trinajstić information content (AvgIpc) is 3.08. The number of ether oxygens (including phenoxy) is 1. The lowest BCUT2D eigenvalue weighted by atomic mass is 10.1. The minimum absolute atomic E-state index is 0.00175. The van der Waals surface area contributed by atoms with Gasteiger partial charge in [0.25, 0.3) is 17.4 Å². The number of hydrogen-bond acceptors (Lipinski definition) is 6. The number of aromatic amines is 1. The average molecular weight is 325 g/mol. The molecule has 2 amide bonds. The predicted molar refractivity (Wildman–Crippen MR) is 84.5 cm³/mol. The molecule has 0 saturated heterocycles. The zero-order valence-corrected chi connectivity index (χ0v) is 12.4. The highest BCUT2D eigenvalue weighted by molar-refractivity contribution is 6.23. The molecule has 2 aromatic heterocycles. The molecular formula is C15H11N5O4. The molecule has 0 aliphatic carbocycles. The van der Waals surface area contributed by atoms with Crippen LogP contribution in [0.25, 0.3) is 16.6 Å². The van der Waals surface area contributed by atoms with Crippen molar-refractivity contribution in [2.75, 3.05) is 12.8 Å². The fraction of sp³-hybridized carbons (Fsp3) is 0.0667. The Balaban J connectivity index is 1.98. The van der Waals surface area contributed by atoms with Gasteiger partial charge >= 0.3 is 0 Å². The largest absolute Gasteiger partial charge is 0.480 e. The van der Waals surface area contributed by atoms with Crippen LogP contribution in [0.5, 0.6) is 5.88 Å². The maximum absolute atomic E-state index is 12.4. The fourth-order valence-electron chi connectivity index (χ4n) is 2.82. The highest BCUT2D eigenvalue weighted by Crippen LogP contribution is 2.27. The Morgan fingerprint density at radius 2 is 1.96 bits per heavy atom. The molecule has 1 aromatic carbocycles. The van der Waals surface area contributed by atoms with Crippen LogP contribution in [0.4, 0.5) is 5.82 Å². The molecule has 4 rings (SSSR count). The van der Waals surface area contributed by atoms with E-state index in [1.54, 1.807) is 18.2 Å². The van der Waals surface area contributed by atoms with Crippen molar-refractivity contribution < 1.29 is 14.3 Å². The van der Waals surface area contributed by atoms with Crippen LogP contribution in [-0.4, -0.2) is 33.7 Å². The summed E-state index contributed by atoms with van der Waals surface area (Å²) in [6, 6.07) is 6.13. The number of anilines is 1. The highest BCUT2D eigenvalue weighted by Gasteiger charge is 2.31. The first-order chi connectivity index (χ1) is 11.5. The molecule has 120 valence electrons. The van der Waals surface area contributed by atoms with Gasteiger partial charge in [-0.2, -0.15) is 0 Å². The van der Waals surface area contributed by atoms with Crippen LogP contribution in [0.15, 0.2) is 29.1 Å². The first-order valence-electron chi connectivity index (χ1n) is 6.95. The summed E-state index contributed by atoms with van der Waals surface area (Å²) >= 11 is 0. The number of rotatable bonds is 2. The first kappa shape index (κ1) is 14.0. The van der Waals surface area contributed by atoms with E-state index in [1.807, 2.05) is 0 Å². The first-order valence-corrected chi connectivity index (χ1v) is 6.95. The molecule has 24 heavy (non-hydrogen) atoms. The number of carbonyl (C=O) groups is 2. The summed E-state index contributed by atoms with van der Waals surface area (Å²) in [5.74, 6) is -0.910. The van der Waals surface area contributed by atoms with Gasteiger partial charge in [0.15, 0.2) is 0 Å². The molecule has 0 spiro atoms. The summed E-state index contributed by atoms with van der Waals surface area (Å²) in [5, 5.41) is 9.66. The molecule has 0 saturated carbocycles. The number of pyridine rings is 1. The molecule has 0 bridgehead atoms. The van der Waals surface area contributed by atoms with Crippen LogP contribution in [0, 0.1) is 0 Å². The molecule has 0 fully saturated rings. The monoisotopic (exact) mass is 325 g/mol. The zero-order valence-electron chi connectivity index (χ0n) is 12.4. The minimum atomic E-state index is -0.625. The van der Waals surface area contributed by atoms with Crippen molar-refractivity contribution in [3.05, 3.63) is 45.7 Å². The third-order valence-corrected chi connectivity index (χ3v) is 3.92. The van der Waals surface area contributed by atoms with Gasteiger partial charge in [-0.25, -0.2) is 0 Å². The summed E-state index contributed by atoms with van der Waals surface area (Å²) in [7, 11) is 1.50. The lowest BCUT2D eigenvalue weighted by Crippen LogP contribution is -2.24. The van der Waals surface area contributed by atoms with Crippen molar-refractivity contribution >= 4 is 28.5 Å². The zero-order chi connectivity index (χ0) is 17.0. The van der Waals surface area contributed by atoms with E-state index >= 15 is 0 Å². The van der Waals surface area contributed by atoms with Crippen LogP contribution < -0.4 is 21.3 Å². The lowest BCUT2D eigenvalue weighted by molar-refractivity contribution is 0.0880. The van der Waals surface area contributed by atoms with E-state index in [4.69, 9.17) is 10.5 Å². The second-order valence-corrected chi connectivity index (χ2v) is 5.24. The van der Waals surface area contributed by atoms with E-state index in [9.17, 15) is 14.4 Å². The number of carbonyl (C=O) groups excluding carboxylic acids is 2. The molecule has 9 heteroatoms. The highest BCUT2D eigenvalue weighted by atomic mass is 16.5. The number of amides is 2. The van der Waals surface area contributed by atoms with Crippen LogP contribution >= 0.6 is 0 Å². The van der Waals surface area contributed by atoms with Crippen molar-refractivity contribution in [2.45, 2.75) is 0 Å². The fourth-order valence-corrected chi connectivity index (χ4v) is 2.82. The lowest BCUT2D eigenvalue weighted by Gasteiger charge is -2.11. The molecule has 0 unspecified atom stereocenters. The van der Waals surface area contributed by atoms with Gasteiger partial charge in [0.1, 0.15) is 5.82 Å². The van der Waals surface area contributed by atoms with Gasteiger partial charge in [-0.3, -0.25) is 29.4 Å². The third kappa shape index (κ3) is 1.75. The van der Waals surface area contributed by atoms with Gasteiger partial charge in [-0.05, 0) is 18.2 Å². The number of aromatic nitrogens is 3. The second-order valence-electron chi connectivity index (χ2n) is 5.24. The number of nitrogens with zero attached hydrogens (tertiary/aromatic N) is 2. The molecule has 9 nitrogen and oxygen atoms in total. The van der Waals surface area contributed by atoms with E-state index in [2.05, 4.69) is 15.5 Å². The molecule has 1 aliphatic heterocycles. The Morgan fingerprint density at radius 1 is 1.17 bits per heavy atom. The number of nitrogens with one attached hydrogen (secondary N) is 2. The number of imide groups is 1. The van der Waals surface area contributed by atoms with Gasteiger partial charge in [0, 0.05) is 6.07 Å². The molecule has 1 aliphatic rings. The topological polar surface area (TPSA) is 132 Å². The second kappa shape index (κ2) is 4.69. The molecule has 3 aromatic rings. The smallest absolute Gasteiger partial charge is 0.262 e. The number of H-pyrrole nitrogens is 1. The summed E-state index contributed by atoms with van der Waals surface area (Å²) < 4.78 is 6.29. The summed E-state index contributed by atoms with van der Waals surface area (Å²) in [6.45, 7) is 0. The Hall–Kier alpha value is -3.62. The maximum atomic E-state index is 12.4. The SMILES string of the molecule is COc1n[nH]c2cc(-n3c(N)c4c(cc3=O)C(=O)NC4=O)ccc12. The number of methoxy groups -OCH3 is 1. The van der Waals surface area contributed by atoms with Gasteiger partial charge in [-0.1, -0.05) is 0 Å². The van der Waals surface area contributed by atoms with E-state index in [0.29, 0.717) is 17.1 Å². The van der Waals surface area contributed by atoms with Crippen LogP contribution in [0.2, 0.25) is 0 Å². The van der Waals surface area contributed by atoms with Gasteiger partial charge in [0.05, 0.1) is 34.8 Å². The minimum Gasteiger partial charge on any atom is -0.480 e. The third-order valence-electron chi connectivity index (χ3n) is 3.92. The summed E-state index contributed by atoms with van der Waals surface area (Å²) in [4.78, 5) is 36.0. The Labute approximate surface area is 134 Å². The molecular weight excluding hydrogens is 314 g/mol. The number of nitrogen functional groups attached to an aromatic ring is 1. The van der Waals surface area contributed by atoms with Gasteiger partial charge in [0.2, 0.25) is 5.88 Å². The van der Waals surface area contributed by atoms with E-state index < -0.39 is 17.4 Å².